The van der Waals surface area contributed by atoms with Crippen LogP contribution in [0.1, 0.15) is 31.7 Å². The Bertz CT molecular complexity index is 640. The van der Waals surface area contributed by atoms with Gasteiger partial charge < -0.3 is 15.7 Å². The quantitative estimate of drug-likeness (QED) is 0.753. The van der Waals surface area contributed by atoms with E-state index in [0.717, 1.165) is 16.3 Å². The number of rotatable bonds is 6. The van der Waals surface area contributed by atoms with Crippen molar-refractivity contribution in [2.24, 2.45) is 0 Å². The average Bonchev–Trinajstić information content (AvgIpc) is 3.00. The van der Waals surface area contributed by atoms with E-state index in [1.807, 2.05) is 50.4 Å². The molecule has 5 nitrogen and oxygen atoms in total. The first kappa shape index (κ1) is 17.4. The minimum Gasteiger partial charge on any atom is -0.394 e. The van der Waals surface area contributed by atoms with Gasteiger partial charge in [-0.2, -0.15) is 0 Å². The van der Waals surface area contributed by atoms with E-state index in [1.165, 1.54) is 0 Å². The zero-order valence-corrected chi connectivity index (χ0v) is 14.5. The number of carbonyl (C=O) groups is 1. The fourth-order valence-corrected chi connectivity index (χ4v) is 2.94. The van der Waals surface area contributed by atoms with E-state index in [4.69, 9.17) is 0 Å². The van der Waals surface area contributed by atoms with Gasteiger partial charge in [-0.1, -0.05) is 26.0 Å². The maximum absolute atomic E-state index is 12.1. The van der Waals surface area contributed by atoms with Crippen molar-refractivity contribution < 1.29 is 9.90 Å². The zero-order valence-electron chi connectivity index (χ0n) is 13.7. The van der Waals surface area contributed by atoms with Crippen molar-refractivity contribution in [1.82, 2.24) is 10.3 Å². The molecule has 6 heteroatoms. The second-order valence-electron chi connectivity index (χ2n) is 5.55. The molecule has 0 saturated carbocycles. The number of nitrogens with one attached hydrogen (secondary N) is 2. The van der Waals surface area contributed by atoms with Crippen LogP contribution in [0.25, 0.3) is 11.3 Å². The summed E-state index contributed by atoms with van der Waals surface area (Å²) in [5.74, 6) is 0. The molecule has 0 atom stereocenters. The number of thiazole rings is 1. The number of nitrogens with zero attached hydrogens (tertiary/aromatic N) is 1. The summed E-state index contributed by atoms with van der Waals surface area (Å²) < 4.78 is 0. The minimum absolute atomic E-state index is 0.0739. The monoisotopic (exact) mass is 333 g/mol. The lowest BCUT2D eigenvalue weighted by molar-refractivity contribution is 0.155. The number of anilines is 1. The molecule has 1 aromatic carbocycles. The van der Waals surface area contributed by atoms with E-state index in [-0.39, 0.29) is 12.6 Å². The molecule has 1 aromatic heterocycles. The van der Waals surface area contributed by atoms with Crippen molar-refractivity contribution in [1.29, 1.82) is 0 Å². The number of aliphatic hydroxyl groups excluding tert-OH is 1. The van der Waals surface area contributed by atoms with Gasteiger partial charge in [0.2, 0.25) is 0 Å². The van der Waals surface area contributed by atoms with E-state index in [9.17, 15) is 9.90 Å². The highest BCUT2D eigenvalue weighted by molar-refractivity contribution is 7.09. The van der Waals surface area contributed by atoms with Crippen molar-refractivity contribution in [3.63, 3.8) is 0 Å². The molecule has 0 fully saturated rings. The summed E-state index contributed by atoms with van der Waals surface area (Å²) in [6, 6.07) is 7.26. The van der Waals surface area contributed by atoms with Gasteiger partial charge in [0.25, 0.3) is 0 Å². The molecule has 124 valence electrons. The van der Waals surface area contributed by atoms with Crippen LogP contribution in [0.2, 0.25) is 0 Å². The van der Waals surface area contributed by atoms with Crippen LogP contribution >= 0.6 is 11.3 Å². The number of aromatic nitrogens is 1. The maximum atomic E-state index is 12.1. The number of urea groups is 1. The van der Waals surface area contributed by atoms with Gasteiger partial charge in [-0.15, -0.1) is 11.3 Å². The average molecular weight is 333 g/mol. The minimum atomic E-state index is -0.567. The van der Waals surface area contributed by atoms with Crippen molar-refractivity contribution in [3.05, 3.63) is 34.7 Å². The normalized spacial score (nSPS) is 11.3. The Balaban J connectivity index is 2.02. The summed E-state index contributed by atoms with van der Waals surface area (Å²) >= 11 is 1.61. The molecule has 1 heterocycles. The Morgan fingerprint density at radius 1 is 1.26 bits per heavy atom. The van der Waals surface area contributed by atoms with Crippen LogP contribution in [0.5, 0.6) is 0 Å². The van der Waals surface area contributed by atoms with Crippen molar-refractivity contribution in [3.8, 4) is 11.3 Å². The summed E-state index contributed by atoms with van der Waals surface area (Å²) in [6.45, 7) is 5.80. The predicted molar refractivity (Wildman–Crippen MR) is 94.8 cm³/mol. The van der Waals surface area contributed by atoms with E-state index < -0.39 is 5.54 Å². The third-order valence-electron chi connectivity index (χ3n) is 4.09. The number of hydrogen-bond donors (Lipinski definition) is 3. The lowest BCUT2D eigenvalue weighted by Gasteiger charge is -2.30. The molecule has 2 aromatic rings. The van der Waals surface area contributed by atoms with Gasteiger partial charge in [-0.25, -0.2) is 9.78 Å². The standard InChI is InChI=1S/C17H23N3O2S/c1-4-17(5-2,11-21)20-16(22)19-14-8-6-13(7-9-14)15-10-23-12(3)18-15/h6-10,21H,4-5,11H2,1-3H3,(H2,19,20,22). The van der Waals surface area contributed by atoms with Crippen LogP contribution in [0.15, 0.2) is 29.6 Å². The smallest absolute Gasteiger partial charge is 0.319 e. The lowest BCUT2D eigenvalue weighted by atomic mass is 9.94. The Morgan fingerprint density at radius 3 is 2.39 bits per heavy atom. The Morgan fingerprint density at radius 2 is 1.91 bits per heavy atom. The van der Waals surface area contributed by atoms with Crippen LogP contribution in [-0.2, 0) is 0 Å². The highest BCUT2D eigenvalue weighted by Gasteiger charge is 2.27. The second kappa shape index (κ2) is 7.57. The molecule has 0 unspecified atom stereocenters. The molecule has 3 N–H and O–H groups in total. The molecule has 0 aliphatic carbocycles. The fraction of sp³-hybridized carbons (Fsp3) is 0.412. The molecule has 0 bridgehead atoms. The van der Waals surface area contributed by atoms with Crippen LogP contribution in [0.3, 0.4) is 0 Å². The van der Waals surface area contributed by atoms with Crippen molar-refractivity contribution >= 4 is 23.1 Å². The van der Waals surface area contributed by atoms with Gasteiger partial charge in [0.15, 0.2) is 0 Å². The molecule has 0 aliphatic rings. The molecule has 0 spiro atoms. The SMILES string of the molecule is CCC(CC)(CO)NC(=O)Nc1ccc(-c2csc(C)n2)cc1. The third kappa shape index (κ3) is 4.30. The summed E-state index contributed by atoms with van der Waals surface area (Å²) in [5, 5.41) is 18.2. The highest BCUT2D eigenvalue weighted by Crippen LogP contribution is 2.23. The van der Waals surface area contributed by atoms with Gasteiger partial charge in [-0.3, -0.25) is 0 Å². The van der Waals surface area contributed by atoms with Crippen molar-refractivity contribution in [2.75, 3.05) is 11.9 Å². The first-order valence-electron chi connectivity index (χ1n) is 7.74. The van der Waals surface area contributed by atoms with E-state index >= 15 is 0 Å². The molecule has 2 amide bonds. The fourth-order valence-electron chi connectivity index (χ4n) is 2.31. The lowest BCUT2D eigenvalue weighted by Crippen LogP contribution is -2.51. The van der Waals surface area contributed by atoms with E-state index in [0.29, 0.717) is 18.5 Å². The Kier molecular flexibility index (Phi) is 5.74. The van der Waals surface area contributed by atoms with E-state index in [2.05, 4.69) is 15.6 Å². The first-order chi connectivity index (χ1) is 11.0. The number of aliphatic hydroxyl groups is 1. The van der Waals surface area contributed by atoms with Gasteiger partial charge >= 0.3 is 6.03 Å². The zero-order chi connectivity index (χ0) is 16.9. The number of amides is 2. The van der Waals surface area contributed by atoms with Gasteiger partial charge in [0, 0.05) is 16.6 Å². The predicted octanol–water partition coefficient (Wildman–Crippen LogP) is 3.79. The van der Waals surface area contributed by atoms with Gasteiger partial charge in [-0.05, 0) is 31.9 Å². The summed E-state index contributed by atoms with van der Waals surface area (Å²) in [6.07, 6.45) is 1.35. The van der Waals surface area contributed by atoms with Crippen LogP contribution < -0.4 is 10.6 Å². The highest BCUT2D eigenvalue weighted by atomic mass is 32.1. The molecule has 0 saturated heterocycles. The number of hydrogen-bond acceptors (Lipinski definition) is 4. The van der Waals surface area contributed by atoms with Crippen molar-refractivity contribution in [2.45, 2.75) is 39.2 Å². The molecule has 0 radical (unpaired) electrons. The summed E-state index contributed by atoms with van der Waals surface area (Å²) in [7, 11) is 0. The molecule has 2 rings (SSSR count). The Labute approximate surface area is 140 Å². The van der Waals surface area contributed by atoms with Crippen LogP contribution in [0, 0.1) is 6.92 Å². The largest absolute Gasteiger partial charge is 0.394 e. The number of benzene rings is 1. The van der Waals surface area contributed by atoms with Crippen LogP contribution in [0.4, 0.5) is 10.5 Å². The van der Waals surface area contributed by atoms with Crippen LogP contribution in [-0.4, -0.2) is 28.3 Å². The maximum Gasteiger partial charge on any atom is 0.319 e. The Hall–Kier alpha value is -1.92. The summed E-state index contributed by atoms with van der Waals surface area (Å²) in [5.41, 5.74) is 2.10. The molecular weight excluding hydrogens is 310 g/mol. The first-order valence-corrected chi connectivity index (χ1v) is 8.62. The van der Waals surface area contributed by atoms with Gasteiger partial charge in [0.1, 0.15) is 0 Å². The van der Waals surface area contributed by atoms with E-state index in [1.54, 1.807) is 11.3 Å². The molecule has 0 aliphatic heterocycles. The number of aryl methyl sites for hydroxylation is 1. The third-order valence-corrected chi connectivity index (χ3v) is 4.87. The summed E-state index contributed by atoms with van der Waals surface area (Å²) in [4.78, 5) is 16.6. The number of carbonyl (C=O) groups excluding carboxylic acids is 1. The molecule has 23 heavy (non-hydrogen) atoms. The molecular formula is C17H23N3O2S. The second-order valence-corrected chi connectivity index (χ2v) is 6.62. The van der Waals surface area contributed by atoms with Gasteiger partial charge in [0.05, 0.1) is 22.8 Å². The topological polar surface area (TPSA) is 74.2 Å².